The lowest BCUT2D eigenvalue weighted by atomic mass is 9.99. The molecular weight excluding hydrogens is 493 g/mol. The zero-order chi connectivity index (χ0) is 26.8. The third-order valence-electron chi connectivity index (χ3n) is 4.74. The zero-order valence-electron chi connectivity index (χ0n) is 19.9. The van der Waals surface area contributed by atoms with E-state index in [1.807, 2.05) is 32.9 Å². The first-order chi connectivity index (χ1) is 17.2. The fourth-order valence-corrected chi connectivity index (χ4v) is 3.11. The Morgan fingerprint density at radius 3 is 1.56 bits per heavy atom. The molecule has 0 spiro atoms. The van der Waals surface area contributed by atoms with Crippen LogP contribution < -0.4 is 14.4 Å². The Bertz CT molecular complexity index is 1090. The smallest absolute Gasteiger partial charge is 0.194 e. The Labute approximate surface area is 204 Å². The number of halogens is 7. The van der Waals surface area contributed by atoms with E-state index in [4.69, 9.17) is 9.47 Å². The van der Waals surface area contributed by atoms with Crippen LogP contribution in [0.1, 0.15) is 37.8 Å². The third kappa shape index (κ3) is 7.29. The zero-order valence-corrected chi connectivity index (χ0v) is 19.9. The summed E-state index contributed by atoms with van der Waals surface area (Å²) in [7, 11) is 0. The maximum absolute atomic E-state index is 14.1. The first kappa shape index (κ1) is 28.8. The van der Waals surface area contributed by atoms with Gasteiger partial charge in [-0.15, -0.1) is 0 Å². The minimum Gasteiger partial charge on any atom is -0.493 e. The largest absolute Gasteiger partial charge is 0.493 e. The van der Waals surface area contributed by atoms with Crippen LogP contribution >= 0.6 is 0 Å². The summed E-state index contributed by atoms with van der Waals surface area (Å²) < 4.78 is 100. The van der Waals surface area contributed by atoms with Crippen molar-refractivity contribution in [3.63, 3.8) is 0 Å². The monoisotopic (exact) mass is 518 g/mol. The van der Waals surface area contributed by atoms with Crippen molar-refractivity contribution in [1.29, 1.82) is 0 Å². The molecule has 0 radical (unpaired) electrons. The predicted molar refractivity (Wildman–Crippen MR) is 121 cm³/mol. The molecule has 0 unspecified atom stereocenters. The molecule has 10 heteroatoms. The van der Waals surface area contributed by atoms with Crippen molar-refractivity contribution >= 4 is 0 Å². The topological polar surface area (TPSA) is 27.7 Å². The van der Waals surface area contributed by atoms with Crippen molar-refractivity contribution in [3.05, 3.63) is 76.6 Å². The van der Waals surface area contributed by atoms with E-state index in [9.17, 15) is 30.9 Å². The Morgan fingerprint density at radius 2 is 1.17 bits per heavy atom. The van der Waals surface area contributed by atoms with Gasteiger partial charge in [0.25, 0.3) is 0 Å². The highest BCUT2D eigenvalue weighted by molar-refractivity contribution is 5.78. The minimum atomic E-state index is -1.65. The average Bonchev–Trinajstić information content (AvgIpc) is 2.84. The van der Waals surface area contributed by atoms with Crippen molar-refractivity contribution in [2.24, 2.45) is 0 Å². The SMILES string of the molecule is CCCOc1cc(C)cc(OCCC)c1-c1cc(F)c(CF)c(F)c1.FOc1cc(F)c(F)c(F)c1. The summed E-state index contributed by atoms with van der Waals surface area (Å²) in [4.78, 5) is 2.98. The lowest BCUT2D eigenvalue weighted by Gasteiger charge is -2.18. The number of alkyl halides is 1. The summed E-state index contributed by atoms with van der Waals surface area (Å²) in [6.07, 6.45) is 1.59. The van der Waals surface area contributed by atoms with Crippen LogP contribution in [0.4, 0.5) is 30.9 Å². The van der Waals surface area contributed by atoms with Crippen LogP contribution in [0.5, 0.6) is 17.2 Å². The van der Waals surface area contributed by atoms with Gasteiger partial charge >= 0.3 is 0 Å². The van der Waals surface area contributed by atoms with Crippen molar-refractivity contribution < 1.29 is 45.3 Å². The summed E-state index contributed by atoms with van der Waals surface area (Å²) in [6, 6.07) is 6.67. The highest BCUT2D eigenvalue weighted by Gasteiger charge is 2.19. The molecule has 3 rings (SSSR count). The van der Waals surface area contributed by atoms with Crippen LogP contribution in [0.25, 0.3) is 11.1 Å². The summed E-state index contributed by atoms with van der Waals surface area (Å²) in [5.41, 5.74) is 1.10. The molecule has 0 amide bonds. The van der Waals surface area contributed by atoms with E-state index in [0.29, 0.717) is 42.4 Å². The van der Waals surface area contributed by atoms with Gasteiger partial charge in [-0.2, -0.15) is 0 Å². The van der Waals surface area contributed by atoms with Crippen molar-refractivity contribution in [3.8, 4) is 28.4 Å². The van der Waals surface area contributed by atoms with Crippen LogP contribution in [-0.4, -0.2) is 13.2 Å². The minimum absolute atomic E-state index is 0.268. The first-order valence-corrected chi connectivity index (χ1v) is 11.0. The van der Waals surface area contributed by atoms with E-state index in [0.717, 1.165) is 30.5 Å². The van der Waals surface area contributed by atoms with Gasteiger partial charge in [0, 0.05) is 16.7 Å². The van der Waals surface area contributed by atoms with Crippen LogP contribution in [0, 0.1) is 36.0 Å². The molecule has 0 aliphatic carbocycles. The molecule has 3 nitrogen and oxygen atoms in total. The number of ether oxygens (including phenoxy) is 2. The maximum Gasteiger partial charge on any atom is 0.194 e. The molecule has 0 saturated heterocycles. The average molecular weight is 518 g/mol. The molecule has 3 aromatic carbocycles. The van der Waals surface area contributed by atoms with Gasteiger partial charge in [0.15, 0.2) is 23.2 Å². The molecule has 0 heterocycles. The number of benzene rings is 3. The van der Waals surface area contributed by atoms with E-state index in [1.165, 1.54) is 0 Å². The van der Waals surface area contributed by atoms with Gasteiger partial charge in [-0.1, -0.05) is 13.8 Å². The van der Waals surface area contributed by atoms with Gasteiger partial charge in [0.05, 0.1) is 24.3 Å². The summed E-state index contributed by atoms with van der Waals surface area (Å²) >= 11 is 0. The Hall–Kier alpha value is -3.43. The fourth-order valence-electron chi connectivity index (χ4n) is 3.11. The Balaban J connectivity index is 0.000000346. The lowest BCUT2D eigenvalue weighted by Crippen LogP contribution is -2.03. The van der Waals surface area contributed by atoms with Gasteiger partial charge in [-0.05, 0) is 55.2 Å². The first-order valence-electron chi connectivity index (χ1n) is 11.0. The fraction of sp³-hybridized carbons (Fsp3) is 0.308. The molecule has 0 N–H and O–H groups in total. The van der Waals surface area contributed by atoms with Crippen molar-refractivity contribution in [1.82, 2.24) is 0 Å². The van der Waals surface area contributed by atoms with E-state index in [-0.39, 0.29) is 5.56 Å². The van der Waals surface area contributed by atoms with Crippen LogP contribution in [0.15, 0.2) is 36.4 Å². The quantitative estimate of drug-likeness (QED) is 0.210. The second kappa shape index (κ2) is 13.6. The molecule has 0 fully saturated rings. The second-order valence-corrected chi connectivity index (χ2v) is 7.66. The number of aryl methyl sites for hydroxylation is 1. The molecule has 0 saturated carbocycles. The van der Waals surface area contributed by atoms with E-state index < -0.39 is 47.1 Å². The summed E-state index contributed by atoms with van der Waals surface area (Å²) in [6.45, 7) is 5.59. The third-order valence-corrected chi connectivity index (χ3v) is 4.74. The standard InChI is InChI=1S/C20H23F3O2.C6H2F4O/c1-4-6-24-18-8-13(3)9-19(25-7-5-2)20(18)14-10-16(22)15(12-21)17(23)11-14;7-4-1-3(11-10)2-5(8)6(4)9/h8-11H,4-7,12H2,1-3H3;1-2H. The van der Waals surface area contributed by atoms with E-state index >= 15 is 0 Å². The highest BCUT2D eigenvalue weighted by atomic mass is 19.3. The Morgan fingerprint density at radius 1 is 0.694 bits per heavy atom. The molecule has 0 aliphatic heterocycles. The Kier molecular flexibility index (Phi) is 10.9. The normalized spacial score (nSPS) is 10.5. The van der Waals surface area contributed by atoms with Gasteiger partial charge < -0.3 is 9.47 Å². The maximum atomic E-state index is 14.1. The molecule has 0 bridgehead atoms. The number of hydrogen-bond donors (Lipinski definition) is 0. The highest BCUT2D eigenvalue weighted by Crippen LogP contribution is 2.41. The number of rotatable bonds is 9. The number of hydrogen-bond acceptors (Lipinski definition) is 3. The van der Waals surface area contributed by atoms with Crippen LogP contribution in [-0.2, 0) is 6.67 Å². The molecule has 3 aromatic rings. The molecule has 0 aliphatic rings. The van der Waals surface area contributed by atoms with E-state index in [2.05, 4.69) is 4.94 Å². The molecule has 0 aromatic heterocycles. The van der Waals surface area contributed by atoms with Crippen molar-refractivity contribution in [2.75, 3.05) is 13.2 Å². The van der Waals surface area contributed by atoms with Gasteiger partial charge in [-0.3, -0.25) is 4.94 Å². The molecule has 196 valence electrons. The molecular formula is C26H25F7O3. The lowest BCUT2D eigenvalue weighted by molar-refractivity contribution is -0.00711. The van der Waals surface area contributed by atoms with Crippen LogP contribution in [0.2, 0.25) is 0 Å². The van der Waals surface area contributed by atoms with Crippen molar-refractivity contribution in [2.45, 2.75) is 40.3 Å². The summed E-state index contributed by atoms with van der Waals surface area (Å²) in [5.74, 6) is -6.16. The van der Waals surface area contributed by atoms with Gasteiger partial charge in [-0.25, -0.2) is 26.3 Å². The molecule has 0 atom stereocenters. The second-order valence-electron chi connectivity index (χ2n) is 7.66. The summed E-state index contributed by atoms with van der Waals surface area (Å²) in [5, 5.41) is 0. The van der Waals surface area contributed by atoms with Gasteiger partial charge in [0.2, 0.25) is 0 Å². The van der Waals surface area contributed by atoms with E-state index in [1.54, 1.807) is 0 Å². The van der Waals surface area contributed by atoms with Crippen LogP contribution in [0.3, 0.4) is 0 Å². The predicted octanol–water partition coefficient (Wildman–Crippen LogP) is 8.35. The van der Waals surface area contributed by atoms with Gasteiger partial charge in [0.1, 0.15) is 29.8 Å². The molecule has 36 heavy (non-hydrogen) atoms.